The summed E-state index contributed by atoms with van der Waals surface area (Å²) in [5, 5.41) is 35.0. The first-order chi connectivity index (χ1) is 37.6. The van der Waals surface area contributed by atoms with E-state index in [1.165, 1.54) is 28.9 Å². The van der Waals surface area contributed by atoms with Gasteiger partial charge >= 0.3 is 0 Å². The number of carbonyl (C=O) groups is 7. The van der Waals surface area contributed by atoms with Crippen LogP contribution in [-0.2, 0) is 35.2 Å². The van der Waals surface area contributed by atoms with Gasteiger partial charge in [-0.1, -0.05) is 80.4 Å². The van der Waals surface area contributed by atoms with Crippen molar-refractivity contribution in [3.8, 4) is 33.8 Å². The average molecular weight is 1070 g/mol. The number of aliphatic hydroxyl groups is 1. The van der Waals surface area contributed by atoms with Gasteiger partial charge in [-0.2, -0.15) is 0 Å². The second kappa shape index (κ2) is 28.3. The van der Waals surface area contributed by atoms with Gasteiger partial charge in [0.25, 0.3) is 5.91 Å². The van der Waals surface area contributed by atoms with E-state index in [0.717, 1.165) is 52.8 Å². The van der Waals surface area contributed by atoms with Crippen LogP contribution in [0.15, 0.2) is 97.1 Å². The molecule has 11 N–H and O–H groups in total. The molecule has 0 bridgehead atoms. The molecule has 19 nitrogen and oxygen atoms in total. The summed E-state index contributed by atoms with van der Waals surface area (Å²) in [7, 11) is 0. The summed E-state index contributed by atoms with van der Waals surface area (Å²) in [5.74, 6) is -3.55. The Morgan fingerprint density at radius 1 is 0.705 bits per heavy atom. The van der Waals surface area contributed by atoms with E-state index < -0.39 is 89.7 Å². The minimum atomic E-state index is -1.54. The zero-order chi connectivity index (χ0) is 55.7. The number of aromatic hydroxyl groups is 1. The Balaban J connectivity index is 1.11. The minimum Gasteiger partial charge on any atom is -0.508 e. The van der Waals surface area contributed by atoms with Crippen LogP contribution in [0.3, 0.4) is 0 Å². The van der Waals surface area contributed by atoms with Crippen LogP contribution in [0.1, 0.15) is 107 Å². The normalized spacial score (nSPS) is 23.2. The highest BCUT2D eigenvalue weighted by atomic mass is 16.5. The number of hydrogen-bond acceptors (Lipinski definition) is 12. The molecule has 3 heterocycles. The molecule has 418 valence electrons. The lowest BCUT2D eigenvalue weighted by molar-refractivity contribution is -0.144. The summed E-state index contributed by atoms with van der Waals surface area (Å²) in [6.45, 7) is 4.71. The summed E-state index contributed by atoms with van der Waals surface area (Å²) in [4.78, 5) is 103. The molecule has 7 amide bonds. The molecule has 3 aliphatic heterocycles. The summed E-state index contributed by atoms with van der Waals surface area (Å²) in [6, 6.07) is 21.6. The first-order valence-electron chi connectivity index (χ1n) is 27.6. The van der Waals surface area contributed by atoms with E-state index >= 15 is 0 Å². The maximum Gasteiger partial charge on any atom is 0.251 e. The van der Waals surface area contributed by atoms with Gasteiger partial charge in [-0.15, -0.1) is 0 Å². The molecule has 0 aliphatic carbocycles. The van der Waals surface area contributed by atoms with E-state index in [1.54, 1.807) is 36.4 Å². The highest BCUT2D eigenvalue weighted by Crippen LogP contribution is 2.28. The third-order valence-electron chi connectivity index (χ3n) is 14.8. The molecule has 3 fully saturated rings. The van der Waals surface area contributed by atoms with Crippen molar-refractivity contribution in [3.05, 3.63) is 108 Å². The summed E-state index contributed by atoms with van der Waals surface area (Å²) in [5.41, 5.74) is 17.1. The first kappa shape index (κ1) is 58.3. The van der Waals surface area contributed by atoms with Crippen LogP contribution in [-0.4, -0.2) is 143 Å². The lowest BCUT2D eigenvalue weighted by atomic mass is 9.99. The fourth-order valence-corrected chi connectivity index (χ4v) is 10.3. The molecular weight excluding hydrogens is 995 g/mol. The number of nitrogens with zero attached hydrogens (tertiary/aromatic N) is 2. The van der Waals surface area contributed by atoms with Crippen LogP contribution in [0.2, 0.25) is 0 Å². The number of phenolic OH excluding ortho intramolecular Hbond substituents is 1. The number of fused-ring (bicyclic) bond motifs is 2. The quantitative estimate of drug-likeness (QED) is 0.0683. The zero-order valence-corrected chi connectivity index (χ0v) is 44.8. The minimum absolute atomic E-state index is 0.0138. The maximum absolute atomic E-state index is 14.5. The number of aryl methyl sites for hydroxylation is 1. The Morgan fingerprint density at radius 2 is 1.35 bits per heavy atom. The summed E-state index contributed by atoms with van der Waals surface area (Å²) in [6.07, 6.45) is 4.30. The van der Waals surface area contributed by atoms with Gasteiger partial charge in [0.15, 0.2) is 0 Å². The van der Waals surface area contributed by atoms with E-state index in [-0.39, 0.29) is 75.9 Å². The Hall–Kier alpha value is -7.35. The highest BCUT2D eigenvalue weighted by molar-refractivity contribution is 6.00. The van der Waals surface area contributed by atoms with Crippen molar-refractivity contribution in [2.45, 2.75) is 146 Å². The number of rotatable bonds is 17. The molecule has 8 atom stereocenters. The van der Waals surface area contributed by atoms with Gasteiger partial charge in [0.2, 0.25) is 35.4 Å². The zero-order valence-electron chi connectivity index (χ0n) is 44.8. The van der Waals surface area contributed by atoms with Gasteiger partial charge in [0.05, 0.1) is 12.7 Å². The Labute approximate surface area is 456 Å². The standard InChI is InChI=1S/C59H77N9O10/c1-3-4-7-34-78-46-28-24-42(25-29-46)40-18-16-39(17-19-40)41-20-22-43(23-21-41)53(71)63-47-11-8-32-62-56(74)51-35-44(61)36-68(51)58(76)49(10-5-6-31-60)65-54(72)48(30-15-38-13-26-45(70)27-14-38)64-57(75)50-12-9-33-67(50)59(77)52(37(2)69)66-55(47)73/h13-14,16-29,37,44,47-52,69-70H,3-12,15,30-36,60-61H2,1-2H3,(H,62,74)(H,63,71)(H,64,75)(H,65,72)(H,66,73)/t37-,44+,47+,48+,49+,50+,51+,52+/m1/s1. The van der Waals surface area contributed by atoms with Crippen LogP contribution in [0.25, 0.3) is 22.3 Å². The predicted molar refractivity (Wildman–Crippen MR) is 295 cm³/mol. The highest BCUT2D eigenvalue weighted by Gasteiger charge is 2.43. The van der Waals surface area contributed by atoms with Gasteiger partial charge in [0.1, 0.15) is 47.8 Å². The molecular formula is C59H77N9O10. The monoisotopic (exact) mass is 1070 g/mol. The molecule has 4 aromatic rings. The average Bonchev–Trinajstić information content (AvgIpc) is 4.11. The number of nitrogens with two attached hydrogens (primary N) is 2. The number of unbranched alkanes of at least 4 members (excludes halogenated alkanes) is 3. The number of amides is 7. The van der Waals surface area contributed by atoms with Crippen molar-refractivity contribution in [1.29, 1.82) is 0 Å². The summed E-state index contributed by atoms with van der Waals surface area (Å²) < 4.78 is 5.87. The van der Waals surface area contributed by atoms with Crippen molar-refractivity contribution in [2.24, 2.45) is 11.5 Å². The number of phenols is 1. The molecule has 3 saturated heterocycles. The number of benzene rings is 4. The molecule has 0 unspecified atom stereocenters. The molecule has 4 aromatic carbocycles. The molecule has 7 rings (SSSR count). The van der Waals surface area contributed by atoms with Crippen molar-refractivity contribution in [2.75, 3.05) is 32.8 Å². The van der Waals surface area contributed by atoms with Gasteiger partial charge < -0.3 is 62.8 Å². The van der Waals surface area contributed by atoms with Gasteiger partial charge in [-0.25, -0.2) is 0 Å². The molecule has 3 aliphatic rings. The number of hydrogen-bond donors (Lipinski definition) is 9. The number of carbonyl (C=O) groups excluding carboxylic acids is 7. The SMILES string of the molecule is CCCCCOc1ccc(-c2ccc(-c3ccc(C(=O)N[C@H]4CCCNC(=O)[C@@H]5C[C@H](N)CN5C(=O)[C@H](CCCCN)NC(=O)[C@H](CCc5ccc(O)cc5)NC(=O)[C@@H]5CCCN5C(=O)[C@H]([C@@H](C)O)NC4=O)cc3)cc2)cc1. The van der Waals surface area contributed by atoms with E-state index in [1.807, 2.05) is 48.5 Å². The number of aliphatic hydroxyl groups excluding tert-OH is 1. The molecule has 0 aromatic heterocycles. The third kappa shape index (κ3) is 15.7. The van der Waals surface area contributed by atoms with Crippen molar-refractivity contribution < 1.29 is 48.5 Å². The smallest absolute Gasteiger partial charge is 0.251 e. The Kier molecular flexibility index (Phi) is 21.2. The fraction of sp³-hybridized carbons (Fsp3) is 0.475. The predicted octanol–water partition coefficient (Wildman–Crippen LogP) is 3.82. The van der Waals surface area contributed by atoms with Crippen LogP contribution in [0.4, 0.5) is 0 Å². The second-order valence-corrected chi connectivity index (χ2v) is 20.7. The summed E-state index contributed by atoms with van der Waals surface area (Å²) >= 11 is 0. The van der Waals surface area contributed by atoms with Gasteiger partial charge in [-0.3, -0.25) is 33.6 Å². The van der Waals surface area contributed by atoms with Crippen molar-refractivity contribution >= 4 is 41.4 Å². The van der Waals surface area contributed by atoms with Crippen LogP contribution < -0.4 is 42.8 Å². The van der Waals surface area contributed by atoms with E-state index in [4.69, 9.17) is 16.2 Å². The van der Waals surface area contributed by atoms with E-state index in [0.29, 0.717) is 32.4 Å². The van der Waals surface area contributed by atoms with Crippen LogP contribution in [0, 0.1) is 0 Å². The van der Waals surface area contributed by atoms with Gasteiger partial charge in [-0.05, 0) is 148 Å². The molecule has 0 spiro atoms. The molecule has 19 heteroatoms. The Bertz CT molecular complexity index is 2670. The van der Waals surface area contributed by atoms with E-state index in [2.05, 4.69) is 33.5 Å². The molecule has 78 heavy (non-hydrogen) atoms. The Morgan fingerprint density at radius 3 is 1.99 bits per heavy atom. The van der Waals surface area contributed by atoms with Gasteiger partial charge in [0, 0.05) is 31.2 Å². The first-order valence-corrected chi connectivity index (χ1v) is 27.6. The van der Waals surface area contributed by atoms with Crippen LogP contribution >= 0.6 is 0 Å². The van der Waals surface area contributed by atoms with Crippen molar-refractivity contribution in [3.63, 3.8) is 0 Å². The van der Waals surface area contributed by atoms with Crippen molar-refractivity contribution in [1.82, 2.24) is 36.4 Å². The molecule has 0 radical (unpaired) electrons. The second-order valence-electron chi connectivity index (χ2n) is 20.7. The topological polar surface area (TPSA) is 288 Å². The maximum atomic E-state index is 14.5. The molecule has 0 saturated carbocycles. The number of ether oxygens (including phenoxy) is 1. The number of nitrogens with one attached hydrogen (secondary N) is 5. The lowest BCUT2D eigenvalue weighted by Crippen LogP contribution is -2.61. The largest absolute Gasteiger partial charge is 0.508 e. The van der Waals surface area contributed by atoms with E-state index in [9.17, 15) is 43.8 Å². The van der Waals surface area contributed by atoms with Crippen LogP contribution in [0.5, 0.6) is 11.5 Å². The lowest BCUT2D eigenvalue weighted by Gasteiger charge is -2.32. The third-order valence-corrected chi connectivity index (χ3v) is 14.8. The fourth-order valence-electron chi connectivity index (χ4n) is 10.3.